The van der Waals surface area contributed by atoms with Crippen LogP contribution in [-0.4, -0.2) is 12.1 Å². The quantitative estimate of drug-likeness (QED) is 0.623. The van der Waals surface area contributed by atoms with Gasteiger partial charge in [0.2, 0.25) is 5.91 Å². The third kappa shape index (κ3) is 4.39. The van der Waals surface area contributed by atoms with Crippen molar-refractivity contribution in [2.45, 2.75) is 18.5 Å². The van der Waals surface area contributed by atoms with Gasteiger partial charge in [-0.3, -0.25) is 4.79 Å². The van der Waals surface area contributed by atoms with E-state index in [4.69, 9.17) is 11.6 Å². The van der Waals surface area contributed by atoms with Gasteiger partial charge in [-0.1, -0.05) is 35.9 Å². The summed E-state index contributed by atoms with van der Waals surface area (Å²) < 4.78 is 37.9. The molecule has 1 N–H and O–H groups in total. The lowest BCUT2D eigenvalue weighted by Crippen LogP contribution is -2.20. The predicted molar refractivity (Wildman–Crippen MR) is 89.5 cm³/mol. The number of nitrogens with zero attached hydrogens (tertiary/aromatic N) is 1. The Bertz CT molecular complexity index is 803. The van der Waals surface area contributed by atoms with Gasteiger partial charge < -0.3 is 0 Å². The minimum atomic E-state index is -4.41. The average molecular weight is 367 g/mol. The molecule has 25 heavy (non-hydrogen) atoms. The number of rotatable bonds is 4. The second-order valence-corrected chi connectivity index (χ2v) is 6.29. The molecule has 0 radical (unpaired) electrons. The van der Waals surface area contributed by atoms with Gasteiger partial charge >= 0.3 is 6.18 Å². The molecule has 0 saturated heterocycles. The van der Waals surface area contributed by atoms with Crippen molar-refractivity contribution in [2.24, 2.45) is 11.0 Å². The van der Waals surface area contributed by atoms with Gasteiger partial charge in [0.1, 0.15) is 0 Å². The molecule has 1 amide bonds. The maximum atomic E-state index is 12.6. The molecule has 1 saturated carbocycles. The van der Waals surface area contributed by atoms with E-state index >= 15 is 0 Å². The Hall–Kier alpha value is -2.34. The van der Waals surface area contributed by atoms with Crippen LogP contribution in [0.15, 0.2) is 53.6 Å². The van der Waals surface area contributed by atoms with Gasteiger partial charge in [-0.05, 0) is 47.7 Å². The number of alkyl halides is 3. The lowest BCUT2D eigenvalue weighted by Gasteiger charge is -2.06. The second kappa shape index (κ2) is 6.88. The highest BCUT2D eigenvalue weighted by Crippen LogP contribution is 2.47. The van der Waals surface area contributed by atoms with Crippen molar-refractivity contribution in [3.05, 3.63) is 70.2 Å². The molecule has 1 fully saturated rings. The first-order chi connectivity index (χ1) is 11.8. The van der Waals surface area contributed by atoms with Crippen molar-refractivity contribution in [2.75, 3.05) is 0 Å². The van der Waals surface area contributed by atoms with Crippen LogP contribution in [0.5, 0.6) is 0 Å². The monoisotopic (exact) mass is 366 g/mol. The van der Waals surface area contributed by atoms with E-state index in [2.05, 4.69) is 10.5 Å². The summed E-state index contributed by atoms with van der Waals surface area (Å²) in [6.07, 6.45) is -2.49. The zero-order chi connectivity index (χ0) is 18.0. The number of carbonyl (C=O) groups excluding carboxylic acids is 1. The van der Waals surface area contributed by atoms with Crippen LogP contribution in [0.1, 0.15) is 29.0 Å². The molecular weight excluding hydrogens is 353 g/mol. The molecular formula is C18H14ClF3N2O. The number of hydrogen-bond donors (Lipinski definition) is 1. The summed E-state index contributed by atoms with van der Waals surface area (Å²) >= 11 is 5.83. The van der Waals surface area contributed by atoms with Crippen molar-refractivity contribution >= 4 is 23.7 Å². The summed E-state index contributed by atoms with van der Waals surface area (Å²) in [5, 5.41) is 4.39. The van der Waals surface area contributed by atoms with Gasteiger partial charge in [-0.2, -0.15) is 18.3 Å². The van der Waals surface area contributed by atoms with Crippen molar-refractivity contribution in [3.63, 3.8) is 0 Å². The van der Waals surface area contributed by atoms with Crippen molar-refractivity contribution in [1.82, 2.24) is 5.43 Å². The van der Waals surface area contributed by atoms with E-state index in [0.717, 1.165) is 17.7 Å². The highest BCUT2D eigenvalue weighted by Gasteiger charge is 2.43. The third-order valence-electron chi connectivity index (χ3n) is 4.03. The molecule has 2 aromatic carbocycles. The summed E-state index contributed by atoms with van der Waals surface area (Å²) in [6.45, 7) is 0. The fourth-order valence-electron chi connectivity index (χ4n) is 2.61. The molecule has 1 aliphatic carbocycles. The Morgan fingerprint density at radius 3 is 2.60 bits per heavy atom. The van der Waals surface area contributed by atoms with E-state index in [1.54, 1.807) is 12.1 Å². The van der Waals surface area contributed by atoms with Gasteiger partial charge in [0.15, 0.2) is 0 Å². The third-order valence-corrected chi connectivity index (χ3v) is 4.28. The highest BCUT2D eigenvalue weighted by atomic mass is 35.5. The van der Waals surface area contributed by atoms with Crippen LogP contribution in [0.25, 0.3) is 0 Å². The topological polar surface area (TPSA) is 41.5 Å². The number of hydrazone groups is 1. The standard InChI is InChI=1S/C18H14ClF3N2O/c19-14-6-4-12(5-7-14)15-9-16(15)17(25)24-23-10-11-2-1-3-13(8-11)18(20,21)22/h1-8,10,15-16H,9H2,(H,24,25)/b23-10+. The Morgan fingerprint density at radius 1 is 1.20 bits per heavy atom. The molecule has 2 aromatic rings. The smallest absolute Gasteiger partial charge is 0.273 e. The van der Waals surface area contributed by atoms with Crippen LogP contribution >= 0.6 is 11.6 Å². The van der Waals surface area contributed by atoms with E-state index in [0.29, 0.717) is 11.4 Å². The first kappa shape index (κ1) is 17.5. The molecule has 1 aliphatic rings. The SMILES string of the molecule is O=C(N/N=C/c1cccc(C(F)(F)F)c1)C1CC1c1ccc(Cl)cc1. The van der Waals surface area contributed by atoms with Gasteiger partial charge in [-0.15, -0.1) is 0 Å². The molecule has 2 atom stereocenters. The van der Waals surface area contributed by atoms with Gasteiger partial charge in [-0.25, -0.2) is 5.43 Å². The highest BCUT2D eigenvalue weighted by molar-refractivity contribution is 6.30. The Balaban J connectivity index is 1.56. The summed E-state index contributed by atoms with van der Waals surface area (Å²) in [5.74, 6) is -0.302. The Labute approximate surface area is 147 Å². The van der Waals surface area contributed by atoms with Crippen LogP contribution in [0.2, 0.25) is 5.02 Å². The molecule has 0 aliphatic heterocycles. The molecule has 3 rings (SSSR count). The van der Waals surface area contributed by atoms with Crippen LogP contribution in [0.3, 0.4) is 0 Å². The maximum Gasteiger partial charge on any atom is 0.416 e. The van der Waals surface area contributed by atoms with Crippen LogP contribution in [0.4, 0.5) is 13.2 Å². The summed E-state index contributed by atoms with van der Waals surface area (Å²) in [7, 11) is 0. The fraction of sp³-hybridized carbons (Fsp3) is 0.222. The largest absolute Gasteiger partial charge is 0.416 e. The average Bonchev–Trinajstić information content (AvgIpc) is 3.36. The first-order valence-electron chi connectivity index (χ1n) is 7.60. The van der Waals surface area contributed by atoms with Crippen LogP contribution < -0.4 is 5.43 Å². The molecule has 2 unspecified atom stereocenters. The molecule has 0 bridgehead atoms. The van der Waals surface area contributed by atoms with E-state index in [1.807, 2.05) is 12.1 Å². The lowest BCUT2D eigenvalue weighted by atomic mass is 10.1. The number of amides is 1. The number of hydrogen-bond acceptors (Lipinski definition) is 2. The molecule has 0 heterocycles. The number of carbonyl (C=O) groups is 1. The zero-order valence-electron chi connectivity index (χ0n) is 12.9. The number of halogens is 4. The van der Waals surface area contributed by atoms with Crippen molar-refractivity contribution in [3.8, 4) is 0 Å². The van der Waals surface area contributed by atoms with Gasteiger partial charge in [0, 0.05) is 10.9 Å². The van der Waals surface area contributed by atoms with Gasteiger partial charge in [0.05, 0.1) is 11.8 Å². The minimum absolute atomic E-state index is 0.126. The lowest BCUT2D eigenvalue weighted by molar-refractivity contribution is -0.137. The van der Waals surface area contributed by atoms with E-state index in [-0.39, 0.29) is 23.3 Å². The molecule has 0 aromatic heterocycles. The minimum Gasteiger partial charge on any atom is -0.273 e. The second-order valence-electron chi connectivity index (χ2n) is 5.86. The Kier molecular flexibility index (Phi) is 4.81. The number of nitrogens with one attached hydrogen (secondary N) is 1. The molecule has 0 spiro atoms. The van der Waals surface area contributed by atoms with E-state index < -0.39 is 11.7 Å². The fourth-order valence-corrected chi connectivity index (χ4v) is 2.74. The summed E-state index contributed by atoms with van der Waals surface area (Å²) in [6, 6.07) is 12.0. The Morgan fingerprint density at radius 2 is 1.92 bits per heavy atom. The molecule has 3 nitrogen and oxygen atoms in total. The van der Waals surface area contributed by atoms with E-state index in [1.165, 1.54) is 18.3 Å². The van der Waals surface area contributed by atoms with Crippen LogP contribution in [-0.2, 0) is 11.0 Å². The molecule has 130 valence electrons. The first-order valence-corrected chi connectivity index (χ1v) is 7.98. The normalized spacial score (nSPS) is 19.8. The molecule has 7 heteroatoms. The zero-order valence-corrected chi connectivity index (χ0v) is 13.7. The van der Waals surface area contributed by atoms with Crippen molar-refractivity contribution in [1.29, 1.82) is 0 Å². The summed E-state index contributed by atoms with van der Waals surface area (Å²) in [4.78, 5) is 12.0. The predicted octanol–water partition coefficient (Wildman–Crippen LogP) is 4.61. The van der Waals surface area contributed by atoms with Crippen molar-refractivity contribution < 1.29 is 18.0 Å². The van der Waals surface area contributed by atoms with E-state index in [9.17, 15) is 18.0 Å². The van der Waals surface area contributed by atoms with Gasteiger partial charge in [0.25, 0.3) is 0 Å². The number of benzene rings is 2. The maximum absolute atomic E-state index is 12.6. The van der Waals surface area contributed by atoms with Crippen LogP contribution in [0, 0.1) is 5.92 Å². The summed E-state index contributed by atoms with van der Waals surface area (Å²) in [5.41, 5.74) is 2.93.